The number of nitrogen functional groups attached to an aromatic ring is 1. The van der Waals surface area contributed by atoms with Crippen LogP contribution in [0.3, 0.4) is 0 Å². The van der Waals surface area contributed by atoms with Crippen molar-refractivity contribution in [3.63, 3.8) is 0 Å². The van der Waals surface area contributed by atoms with E-state index in [-0.39, 0.29) is 15.5 Å². The van der Waals surface area contributed by atoms with E-state index in [0.29, 0.717) is 5.69 Å². The van der Waals surface area contributed by atoms with Gasteiger partial charge in [0, 0.05) is 10.5 Å². The Morgan fingerprint density at radius 2 is 1.75 bits per heavy atom. The summed E-state index contributed by atoms with van der Waals surface area (Å²) in [7, 11) is -1.63. The molecule has 0 aliphatic heterocycles. The van der Waals surface area contributed by atoms with Crippen molar-refractivity contribution >= 4 is 41.5 Å². The van der Waals surface area contributed by atoms with E-state index in [1.54, 1.807) is 0 Å². The quantitative estimate of drug-likeness (QED) is 0.455. The molecule has 0 heterocycles. The minimum Gasteiger partial charge on any atom is -0.423 e. The van der Waals surface area contributed by atoms with Gasteiger partial charge in [0.15, 0.2) is 0 Å². The molecule has 3 nitrogen and oxygen atoms in total. The first-order valence-corrected chi connectivity index (χ1v) is 3.88. The molecule has 0 aromatic heterocycles. The van der Waals surface area contributed by atoms with Crippen LogP contribution in [-0.2, 0) is 0 Å². The van der Waals surface area contributed by atoms with Gasteiger partial charge in [-0.25, -0.2) is 0 Å². The van der Waals surface area contributed by atoms with E-state index in [9.17, 15) is 0 Å². The van der Waals surface area contributed by atoms with Crippen molar-refractivity contribution in [2.75, 3.05) is 5.73 Å². The van der Waals surface area contributed by atoms with Crippen LogP contribution < -0.4 is 11.2 Å². The minimum atomic E-state index is -1.63. The van der Waals surface area contributed by atoms with E-state index >= 15 is 0 Å². The van der Waals surface area contributed by atoms with Gasteiger partial charge in [0.2, 0.25) is 0 Å². The predicted molar refractivity (Wildman–Crippen MR) is 50.7 cm³/mol. The normalized spacial score (nSPS) is 10.0. The number of anilines is 1. The highest BCUT2D eigenvalue weighted by Gasteiger charge is 2.16. The van der Waals surface area contributed by atoms with E-state index in [1.165, 1.54) is 12.1 Å². The minimum absolute atomic E-state index is 0.149. The molecule has 1 rings (SSSR count). The summed E-state index contributed by atoms with van der Waals surface area (Å²) in [5.41, 5.74) is 5.87. The Morgan fingerprint density at radius 3 is 2.25 bits per heavy atom. The van der Waals surface area contributed by atoms with Gasteiger partial charge in [0.1, 0.15) is 0 Å². The van der Waals surface area contributed by atoms with Crippen LogP contribution in [0, 0.1) is 0 Å². The summed E-state index contributed by atoms with van der Waals surface area (Å²) < 4.78 is 0. The Labute approximate surface area is 79.9 Å². The summed E-state index contributed by atoms with van der Waals surface area (Å²) in [6.07, 6.45) is 0. The molecule has 0 aliphatic rings. The van der Waals surface area contributed by atoms with Crippen molar-refractivity contribution in [3.8, 4) is 0 Å². The predicted octanol–water partition coefficient (Wildman–Crippen LogP) is 0.255. The topological polar surface area (TPSA) is 66.5 Å². The molecule has 0 amide bonds. The van der Waals surface area contributed by atoms with Crippen molar-refractivity contribution in [2.24, 2.45) is 0 Å². The van der Waals surface area contributed by atoms with Crippen LogP contribution in [0.2, 0.25) is 10.0 Å². The van der Waals surface area contributed by atoms with Crippen molar-refractivity contribution in [3.05, 3.63) is 22.2 Å². The highest BCUT2D eigenvalue weighted by Crippen LogP contribution is 2.20. The first-order chi connectivity index (χ1) is 5.52. The molecule has 0 fully saturated rings. The van der Waals surface area contributed by atoms with Crippen LogP contribution in [0.4, 0.5) is 5.69 Å². The van der Waals surface area contributed by atoms with Gasteiger partial charge in [0.25, 0.3) is 0 Å². The second-order valence-corrected chi connectivity index (χ2v) is 3.08. The average Bonchev–Trinajstić information content (AvgIpc) is 1.96. The SMILES string of the molecule is Nc1cc(Cl)c(B(O)O)cc1Cl. The molecule has 6 heteroatoms. The fourth-order valence-corrected chi connectivity index (χ4v) is 1.22. The smallest absolute Gasteiger partial charge is 0.423 e. The number of hydrogen-bond donors (Lipinski definition) is 3. The molecule has 1 aromatic carbocycles. The number of halogens is 2. The maximum atomic E-state index is 8.79. The van der Waals surface area contributed by atoms with Gasteiger partial charge in [-0.15, -0.1) is 0 Å². The van der Waals surface area contributed by atoms with Crippen LogP contribution in [0.15, 0.2) is 12.1 Å². The van der Waals surface area contributed by atoms with E-state index in [0.717, 1.165) is 0 Å². The van der Waals surface area contributed by atoms with Crippen molar-refractivity contribution in [1.82, 2.24) is 0 Å². The molecule has 4 N–H and O–H groups in total. The van der Waals surface area contributed by atoms with Gasteiger partial charge >= 0.3 is 7.12 Å². The van der Waals surface area contributed by atoms with Crippen LogP contribution >= 0.6 is 23.2 Å². The molecule has 0 aliphatic carbocycles. The number of hydrogen-bond acceptors (Lipinski definition) is 3. The number of rotatable bonds is 1. The third-order valence-electron chi connectivity index (χ3n) is 1.39. The summed E-state index contributed by atoms with van der Waals surface area (Å²) in [5, 5.41) is 18.0. The molecule has 0 spiro atoms. The maximum Gasteiger partial charge on any atom is 0.490 e. The zero-order valence-corrected chi connectivity index (χ0v) is 7.47. The second kappa shape index (κ2) is 3.54. The third kappa shape index (κ3) is 1.84. The van der Waals surface area contributed by atoms with Crippen LogP contribution in [-0.4, -0.2) is 17.2 Å². The van der Waals surface area contributed by atoms with Crippen molar-refractivity contribution in [1.29, 1.82) is 0 Å². The van der Waals surface area contributed by atoms with Gasteiger partial charge in [-0.05, 0) is 12.1 Å². The molecule has 64 valence electrons. The molecule has 0 bridgehead atoms. The highest BCUT2D eigenvalue weighted by molar-refractivity contribution is 6.63. The molecule has 0 radical (unpaired) electrons. The molecule has 12 heavy (non-hydrogen) atoms. The molecule has 0 saturated carbocycles. The molecule has 0 unspecified atom stereocenters. The monoisotopic (exact) mass is 205 g/mol. The first kappa shape index (κ1) is 9.67. The van der Waals surface area contributed by atoms with Gasteiger partial charge in [-0.1, -0.05) is 23.2 Å². The molecule has 1 aromatic rings. The summed E-state index contributed by atoms with van der Waals surface area (Å²) in [4.78, 5) is 0. The fourth-order valence-electron chi connectivity index (χ4n) is 0.775. The summed E-state index contributed by atoms with van der Waals surface area (Å²) in [6, 6.07) is 2.70. The van der Waals surface area contributed by atoms with Gasteiger partial charge in [-0.2, -0.15) is 0 Å². The lowest BCUT2D eigenvalue weighted by Crippen LogP contribution is -2.30. The third-order valence-corrected chi connectivity index (χ3v) is 2.05. The lowest BCUT2D eigenvalue weighted by Gasteiger charge is -2.05. The molecular formula is C6H6BCl2NO2. The van der Waals surface area contributed by atoms with E-state index in [1.807, 2.05) is 0 Å². The number of nitrogens with two attached hydrogens (primary N) is 1. The first-order valence-electron chi connectivity index (χ1n) is 3.13. The van der Waals surface area contributed by atoms with Crippen LogP contribution in [0.5, 0.6) is 0 Å². The van der Waals surface area contributed by atoms with E-state index in [4.69, 9.17) is 39.0 Å². The Hall–Kier alpha value is -0.415. The average molecular weight is 206 g/mol. The summed E-state index contributed by atoms with van der Waals surface area (Å²) in [5.74, 6) is 0. The van der Waals surface area contributed by atoms with Gasteiger partial charge < -0.3 is 15.8 Å². The molecule has 0 atom stereocenters. The maximum absolute atomic E-state index is 8.79. The summed E-state index contributed by atoms with van der Waals surface area (Å²) >= 11 is 11.3. The van der Waals surface area contributed by atoms with E-state index in [2.05, 4.69) is 0 Å². The standard InChI is InChI=1S/C6H6BCl2NO2/c8-4-2-6(10)5(9)1-3(4)7(11)12/h1-2,11-12H,10H2. The highest BCUT2D eigenvalue weighted by atomic mass is 35.5. The van der Waals surface area contributed by atoms with Crippen LogP contribution in [0.1, 0.15) is 0 Å². The Balaban J connectivity index is 3.23. The zero-order chi connectivity index (χ0) is 9.30. The molecule has 0 saturated heterocycles. The Kier molecular flexibility index (Phi) is 2.85. The van der Waals surface area contributed by atoms with Crippen LogP contribution in [0.25, 0.3) is 0 Å². The lowest BCUT2D eigenvalue weighted by molar-refractivity contribution is 0.426. The van der Waals surface area contributed by atoms with Crippen molar-refractivity contribution in [2.45, 2.75) is 0 Å². The Morgan fingerprint density at radius 1 is 1.17 bits per heavy atom. The van der Waals surface area contributed by atoms with E-state index < -0.39 is 7.12 Å². The van der Waals surface area contributed by atoms with Gasteiger partial charge in [0.05, 0.1) is 10.7 Å². The lowest BCUT2D eigenvalue weighted by atomic mass is 9.80. The fraction of sp³-hybridized carbons (Fsp3) is 0. The Bertz CT molecular complexity index is 306. The van der Waals surface area contributed by atoms with Gasteiger partial charge in [-0.3, -0.25) is 0 Å². The largest absolute Gasteiger partial charge is 0.490 e. The zero-order valence-electron chi connectivity index (χ0n) is 5.96. The number of benzene rings is 1. The molecular weight excluding hydrogens is 200 g/mol. The van der Waals surface area contributed by atoms with Crippen molar-refractivity contribution < 1.29 is 10.0 Å². The second-order valence-electron chi connectivity index (χ2n) is 2.27. The summed E-state index contributed by atoms with van der Waals surface area (Å²) in [6.45, 7) is 0.